The fourth-order valence-corrected chi connectivity index (χ4v) is 7.08. The van der Waals surface area contributed by atoms with Crippen molar-refractivity contribution < 1.29 is 42.8 Å². The summed E-state index contributed by atoms with van der Waals surface area (Å²) >= 11 is 0. The van der Waals surface area contributed by atoms with Gasteiger partial charge in [0.05, 0.1) is 18.9 Å². The van der Waals surface area contributed by atoms with E-state index in [-0.39, 0.29) is 32.2 Å². The number of carbonyl (C=O) groups is 3. The third kappa shape index (κ3) is 36.2. The summed E-state index contributed by atoms with van der Waals surface area (Å²) in [6.07, 6.45) is 37.0. The Bertz CT molecular complexity index is 1040. The molecule has 10 heteroatoms. The highest BCUT2D eigenvalue weighted by Crippen LogP contribution is 2.17. The van der Waals surface area contributed by atoms with Crippen molar-refractivity contribution in [1.29, 1.82) is 0 Å². The van der Waals surface area contributed by atoms with Gasteiger partial charge in [-0.15, -0.1) is 0 Å². The molecule has 1 aliphatic rings. The van der Waals surface area contributed by atoms with Crippen molar-refractivity contribution in [2.45, 2.75) is 207 Å². The van der Waals surface area contributed by atoms with E-state index in [2.05, 4.69) is 57.0 Å². The van der Waals surface area contributed by atoms with Gasteiger partial charge in [0.1, 0.15) is 19.8 Å². The maximum absolute atomic E-state index is 13.0. The number of likely N-dealkylation sites (tertiary alicyclic amines) is 1. The number of piperidine rings is 1. The van der Waals surface area contributed by atoms with E-state index in [1.165, 1.54) is 77.0 Å². The number of hydrogen-bond acceptors (Lipinski definition) is 10. The number of carbonyl (C=O) groups excluding carboxylic acids is 3. The average molecular weight is 850 g/mol. The SMILES string of the molecule is CCCCC/C=C\C/C=C\CCCCCCCC(=O)OCC(COC(=O)CCC(OCCCCCCCC)OCCCCCCCC)COC(=O)OCC1CCN(C)CC1. The van der Waals surface area contributed by atoms with Gasteiger partial charge in [0, 0.05) is 26.1 Å². The second-order valence-corrected chi connectivity index (χ2v) is 17.1. The van der Waals surface area contributed by atoms with E-state index >= 15 is 0 Å². The van der Waals surface area contributed by atoms with Crippen LogP contribution in [0.5, 0.6) is 0 Å². The van der Waals surface area contributed by atoms with Gasteiger partial charge in [0.15, 0.2) is 6.29 Å². The fraction of sp³-hybridized carbons (Fsp3) is 0.860. The Labute approximate surface area is 367 Å². The Kier molecular flexibility index (Phi) is 38.8. The number of rotatable bonds is 41. The summed E-state index contributed by atoms with van der Waals surface area (Å²) in [5.41, 5.74) is 0. The molecule has 0 aromatic rings. The normalized spacial score (nSPS) is 14.3. The zero-order valence-electron chi connectivity index (χ0n) is 39.1. The van der Waals surface area contributed by atoms with E-state index in [1.807, 2.05) is 0 Å². The van der Waals surface area contributed by atoms with Crippen LogP contribution < -0.4 is 0 Å². The molecule has 0 saturated carbocycles. The predicted molar refractivity (Wildman–Crippen MR) is 244 cm³/mol. The lowest BCUT2D eigenvalue weighted by Crippen LogP contribution is -2.32. The maximum atomic E-state index is 13.0. The van der Waals surface area contributed by atoms with Crippen LogP contribution in [0, 0.1) is 11.8 Å². The molecular weight excluding hydrogens is 759 g/mol. The van der Waals surface area contributed by atoms with Gasteiger partial charge >= 0.3 is 18.1 Å². The summed E-state index contributed by atoms with van der Waals surface area (Å²) in [6, 6.07) is 0. The van der Waals surface area contributed by atoms with Crippen LogP contribution in [0.2, 0.25) is 0 Å². The third-order valence-corrected chi connectivity index (χ3v) is 11.2. The Morgan fingerprint density at radius 3 is 1.60 bits per heavy atom. The van der Waals surface area contributed by atoms with E-state index in [1.54, 1.807) is 0 Å². The zero-order chi connectivity index (χ0) is 43.6. The molecule has 350 valence electrons. The molecule has 1 fully saturated rings. The van der Waals surface area contributed by atoms with Gasteiger partial charge in [-0.05, 0) is 90.3 Å². The highest BCUT2D eigenvalue weighted by Gasteiger charge is 2.22. The molecule has 0 N–H and O–H groups in total. The van der Waals surface area contributed by atoms with E-state index in [0.29, 0.717) is 38.6 Å². The van der Waals surface area contributed by atoms with Gasteiger partial charge < -0.3 is 33.3 Å². The van der Waals surface area contributed by atoms with Gasteiger partial charge in [-0.1, -0.05) is 141 Å². The number of hydrogen-bond donors (Lipinski definition) is 0. The van der Waals surface area contributed by atoms with Crippen molar-refractivity contribution in [3.63, 3.8) is 0 Å². The molecular formula is C50H91NO9. The molecule has 60 heavy (non-hydrogen) atoms. The van der Waals surface area contributed by atoms with Crippen molar-refractivity contribution in [1.82, 2.24) is 4.90 Å². The van der Waals surface area contributed by atoms with E-state index in [9.17, 15) is 14.4 Å². The van der Waals surface area contributed by atoms with Crippen LogP contribution in [-0.2, 0) is 38.0 Å². The van der Waals surface area contributed by atoms with Crippen molar-refractivity contribution in [2.24, 2.45) is 11.8 Å². The standard InChI is InChI=1S/C50H91NO9/c1-5-8-11-14-17-18-19-20-21-22-23-24-25-26-29-32-47(52)57-42-46(44-60-50(54)59-41-45-35-37-51(4)38-36-45)43-58-48(53)33-34-49(55-39-30-27-15-12-9-6-2)56-40-31-28-16-13-10-7-3/h17-18,20-21,45-46,49H,5-16,19,22-44H2,1-4H3/b18-17-,21-20-. The fourth-order valence-electron chi connectivity index (χ4n) is 7.08. The molecule has 0 amide bonds. The molecule has 0 bridgehead atoms. The van der Waals surface area contributed by atoms with Crippen LogP contribution >= 0.6 is 0 Å². The van der Waals surface area contributed by atoms with Gasteiger partial charge in [-0.25, -0.2) is 4.79 Å². The first-order valence-electron chi connectivity index (χ1n) is 24.7. The van der Waals surface area contributed by atoms with Gasteiger partial charge in [0.25, 0.3) is 0 Å². The van der Waals surface area contributed by atoms with E-state index < -0.39 is 24.3 Å². The van der Waals surface area contributed by atoms with Crippen LogP contribution in [0.25, 0.3) is 0 Å². The molecule has 1 saturated heterocycles. The summed E-state index contributed by atoms with van der Waals surface area (Å²) in [5.74, 6) is -0.886. The lowest BCUT2D eigenvalue weighted by atomic mass is 9.98. The van der Waals surface area contributed by atoms with Crippen molar-refractivity contribution in [3.05, 3.63) is 24.3 Å². The largest absolute Gasteiger partial charge is 0.508 e. The lowest BCUT2D eigenvalue weighted by molar-refractivity contribution is -0.161. The summed E-state index contributed by atoms with van der Waals surface area (Å²) in [5, 5.41) is 0. The minimum absolute atomic E-state index is 0.0139. The van der Waals surface area contributed by atoms with Crippen molar-refractivity contribution >= 4 is 18.1 Å². The average Bonchev–Trinajstić information content (AvgIpc) is 3.25. The Morgan fingerprint density at radius 1 is 0.550 bits per heavy atom. The Balaban J connectivity index is 2.52. The Morgan fingerprint density at radius 2 is 1.02 bits per heavy atom. The van der Waals surface area contributed by atoms with Crippen LogP contribution in [0.15, 0.2) is 24.3 Å². The lowest BCUT2D eigenvalue weighted by Gasteiger charge is -2.28. The molecule has 1 unspecified atom stereocenters. The first kappa shape index (κ1) is 55.6. The first-order valence-corrected chi connectivity index (χ1v) is 24.7. The van der Waals surface area contributed by atoms with Gasteiger partial charge in [-0.3, -0.25) is 9.59 Å². The molecule has 1 aliphatic heterocycles. The summed E-state index contributed by atoms with van der Waals surface area (Å²) in [7, 11) is 2.09. The summed E-state index contributed by atoms with van der Waals surface area (Å²) in [4.78, 5) is 40.4. The highest BCUT2D eigenvalue weighted by atomic mass is 16.7. The molecule has 10 nitrogen and oxygen atoms in total. The molecule has 1 rings (SSSR count). The molecule has 0 aliphatic carbocycles. The van der Waals surface area contributed by atoms with Crippen LogP contribution in [-0.4, -0.2) is 89.1 Å². The summed E-state index contributed by atoms with van der Waals surface area (Å²) < 4.78 is 34.3. The summed E-state index contributed by atoms with van der Waals surface area (Å²) in [6.45, 7) is 10.0. The van der Waals surface area contributed by atoms with Crippen LogP contribution in [0.4, 0.5) is 4.79 Å². The van der Waals surface area contributed by atoms with Gasteiger partial charge in [0.2, 0.25) is 0 Å². The second-order valence-electron chi connectivity index (χ2n) is 17.1. The quantitative estimate of drug-likeness (QED) is 0.0194. The third-order valence-electron chi connectivity index (χ3n) is 11.2. The van der Waals surface area contributed by atoms with Gasteiger partial charge in [-0.2, -0.15) is 0 Å². The highest BCUT2D eigenvalue weighted by molar-refractivity contribution is 5.69. The topological polar surface area (TPSA) is 110 Å². The number of nitrogens with zero attached hydrogens (tertiary/aromatic N) is 1. The minimum Gasteiger partial charge on any atom is -0.465 e. The number of allylic oxidation sites excluding steroid dienone is 4. The number of esters is 2. The molecule has 0 spiro atoms. The molecule has 0 aromatic carbocycles. The Hall–Kier alpha value is -2.43. The van der Waals surface area contributed by atoms with Crippen molar-refractivity contribution in [3.8, 4) is 0 Å². The van der Waals surface area contributed by atoms with E-state index in [4.69, 9.17) is 28.4 Å². The monoisotopic (exact) mass is 850 g/mol. The molecule has 0 radical (unpaired) electrons. The van der Waals surface area contributed by atoms with Crippen LogP contribution in [0.1, 0.15) is 201 Å². The smallest absolute Gasteiger partial charge is 0.465 e. The molecule has 0 aromatic heterocycles. The second kappa shape index (κ2) is 41.9. The molecule has 1 heterocycles. The predicted octanol–water partition coefficient (Wildman–Crippen LogP) is 12.9. The van der Waals surface area contributed by atoms with Crippen LogP contribution in [0.3, 0.4) is 0 Å². The minimum atomic E-state index is -0.755. The number of ether oxygens (including phenoxy) is 6. The first-order chi connectivity index (χ1) is 29.4. The molecule has 1 atom stereocenters. The number of unbranched alkanes of at least 4 members (excludes halogenated alkanes) is 18. The van der Waals surface area contributed by atoms with E-state index in [0.717, 1.165) is 96.6 Å². The maximum Gasteiger partial charge on any atom is 0.508 e. The zero-order valence-corrected chi connectivity index (χ0v) is 39.1. The van der Waals surface area contributed by atoms with Crippen molar-refractivity contribution in [2.75, 3.05) is 59.8 Å².